The van der Waals surface area contributed by atoms with Crippen molar-refractivity contribution in [3.05, 3.63) is 23.4 Å². The smallest absolute Gasteiger partial charge is 0.126 e. The highest BCUT2D eigenvalue weighted by atomic mass is 15.0. The average Bonchev–Trinajstić information content (AvgIpc) is 2.94. The number of fused-ring (bicyclic) bond motifs is 1. The quantitative estimate of drug-likeness (QED) is 0.860. The summed E-state index contributed by atoms with van der Waals surface area (Å²) in [4.78, 5) is 4.72. The number of nitrogens with zero attached hydrogens (tertiary/aromatic N) is 1. The Labute approximate surface area is 104 Å². The van der Waals surface area contributed by atoms with Gasteiger partial charge in [-0.15, -0.1) is 0 Å². The van der Waals surface area contributed by atoms with E-state index >= 15 is 0 Å². The van der Waals surface area contributed by atoms with Crippen LogP contribution in [-0.2, 0) is 12.8 Å². The van der Waals surface area contributed by atoms with Gasteiger partial charge in [-0.25, -0.2) is 4.98 Å². The number of aromatic nitrogens is 1. The molecule has 1 aromatic heterocycles. The van der Waals surface area contributed by atoms with Crippen molar-refractivity contribution in [1.29, 1.82) is 0 Å². The molecule has 92 valence electrons. The minimum Gasteiger partial charge on any atom is -0.370 e. The SMILES string of the molecule is CC1CCC(CNc2ccc3c(n2)CCC3)C1. The van der Waals surface area contributed by atoms with Gasteiger partial charge in [-0.1, -0.05) is 19.4 Å². The van der Waals surface area contributed by atoms with Crippen molar-refractivity contribution in [2.45, 2.75) is 45.4 Å². The highest BCUT2D eigenvalue weighted by Crippen LogP contribution is 2.30. The van der Waals surface area contributed by atoms with Gasteiger partial charge in [-0.3, -0.25) is 0 Å². The molecule has 0 saturated heterocycles. The summed E-state index contributed by atoms with van der Waals surface area (Å²) in [6, 6.07) is 4.41. The normalized spacial score (nSPS) is 27.1. The number of hydrogen-bond donors (Lipinski definition) is 1. The molecule has 1 heterocycles. The maximum Gasteiger partial charge on any atom is 0.126 e. The first kappa shape index (κ1) is 11.1. The van der Waals surface area contributed by atoms with E-state index in [0.717, 1.165) is 24.2 Å². The maximum absolute atomic E-state index is 4.72. The Morgan fingerprint density at radius 1 is 1.29 bits per heavy atom. The molecule has 2 heteroatoms. The number of aryl methyl sites for hydroxylation is 2. The monoisotopic (exact) mass is 230 g/mol. The molecule has 0 radical (unpaired) electrons. The molecule has 3 rings (SSSR count). The van der Waals surface area contributed by atoms with E-state index in [9.17, 15) is 0 Å². The molecule has 2 atom stereocenters. The van der Waals surface area contributed by atoms with Gasteiger partial charge in [-0.2, -0.15) is 0 Å². The average molecular weight is 230 g/mol. The molecule has 2 aliphatic rings. The fourth-order valence-corrected chi connectivity index (χ4v) is 3.28. The van der Waals surface area contributed by atoms with Crippen LogP contribution >= 0.6 is 0 Å². The first-order valence-electron chi connectivity index (χ1n) is 7.04. The van der Waals surface area contributed by atoms with Gasteiger partial charge >= 0.3 is 0 Å². The number of nitrogens with one attached hydrogen (secondary N) is 1. The zero-order valence-corrected chi connectivity index (χ0v) is 10.7. The van der Waals surface area contributed by atoms with Gasteiger partial charge < -0.3 is 5.32 Å². The van der Waals surface area contributed by atoms with Gasteiger partial charge in [0.15, 0.2) is 0 Å². The Morgan fingerprint density at radius 2 is 2.24 bits per heavy atom. The number of anilines is 1. The van der Waals surface area contributed by atoms with E-state index in [4.69, 9.17) is 4.98 Å². The van der Waals surface area contributed by atoms with Crippen LogP contribution in [0.4, 0.5) is 5.82 Å². The molecule has 1 fully saturated rings. The highest BCUT2D eigenvalue weighted by molar-refractivity contribution is 5.40. The van der Waals surface area contributed by atoms with Crippen LogP contribution in [0.5, 0.6) is 0 Å². The van der Waals surface area contributed by atoms with Gasteiger partial charge in [-0.05, 0) is 55.6 Å². The Kier molecular flexibility index (Phi) is 3.04. The van der Waals surface area contributed by atoms with E-state index in [1.165, 1.54) is 49.8 Å². The molecular weight excluding hydrogens is 208 g/mol. The minimum absolute atomic E-state index is 0.861. The predicted octanol–water partition coefficient (Wildman–Crippen LogP) is 3.42. The predicted molar refractivity (Wildman–Crippen MR) is 71.3 cm³/mol. The van der Waals surface area contributed by atoms with Crippen molar-refractivity contribution in [2.75, 3.05) is 11.9 Å². The Morgan fingerprint density at radius 3 is 3.06 bits per heavy atom. The van der Waals surface area contributed by atoms with Crippen LogP contribution < -0.4 is 5.32 Å². The molecule has 0 amide bonds. The van der Waals surface area contributed by atoms with Gasteiger partial charge in [0, 0.05) is 12.2 Å². The molecule has 17 heavy (non-hydrogen) atoms. The van der Waals surface area contributed by atoms with E-state index in [1.54, 1.807) is 0 Å². The van der Waals surface area contributed by atoms with E-state index in [2.05, 4.69) is 24.4 Å². The Hall–Kier alpha value is -1.05. The third kappa shape index (κ3) is 2.46. The summed E-state index contributed by atoms with van der Waals surface area (Å²) in [7, 11) is 0. The topological polar surface area (TPSA) is 24.9 Å². The van der Waals surface area contributed by atoms with Crippen molar-refractivity contribution in [2.24, 2.45) is 11.8 Å². The lowest BCUT2D eigenvalue weighted by Crippen LogP contribution is -2.12. The van der Waals surface area contributed by atoms with Crippen molar-refractivity contribution < 1.29 is 0 Å². The largest absolute Gasteiger partial charge is 0.370 e. The second-order valence-electron chi connectivity index (χ2n) is 5.82. The van der Waals surface area contributed by atoms with Crippen LogP contribution in [-0.4, -0.2) is 11.5 Å². The third-order valence-corrected chi connectivity index (χ3v) is 4.30. The number of rotatable bonds is 3. The summed E-state index contributed by atoms with van der Waals surface area (Å²) >= 11 is 0. The standard InChI is InChI=1S/C15H22N2/c1-11-5-6-12(9-11)10-16-15-8-7-13-3-2-4-14(13)17-15/h7-8,11-12H,2-6,9-10H2,1H3,(H,16,17). The summed E-state index contributed by atoms with van der Waals surface area (Å²) in [5.74, 6) is 2.88. The second kappa shape index (κ2) is 4.67. The molecule has 0 aliphatic heterocycles. The van der Waals surface area contributed by atoms with E-state index < -0.39 is 0 Å². The van der Waals surface area contributed by atoms with Gasteiger partial charge in [0.05, 0.1) is 0 Å². The number of hydrogen-bond acceptors (Lipinski definition) is 2. The molecule has 1 saturated carbocycles. The van der Waals surface area contributed by atoms with Crippen LogP contribution in [0.15, 0.2) is 12.1 Å². The van der Waals surface area contributed by atoms with E-state index in [0.29, 0.717) is 0 Å². The molecule has 0 aromatic carbocycles. The van der Waals surface area contributed by atoms with E-state index in [-0.39, 0.29) is 0 Å². The molecule has 1 aromatic rings. The zero-order valence-electron chi connectivity index (χ0n) is 10.7. The van der Waals surface area contributed by atoms with Crippen LogP contribution in [0.25, 0.3) is 0 Å². The zero-order chi connectivity index (χ0) is 11.7. The van der Waals surface area contributed by atoms with Crippen molar-refractivity contribution >= 4 is 5.82 Å². The van der Waals surface area contributed by atoms with Crippen LogP contribution in [0.3, 0.4) is 0 Å². The van der Waals surface area contributed by atoms with Gasteiger partial charge in [0.25, 0.3) is 0 Å². The fourth-order valence-electron chi connectivity index (χ4n) is 3.28. The lowest BCUT2D eigenvalue weighted by Gasteiger charge is -2.12. The van der Waals surface area contributed by atoms with Crippen molar-refractivity contribution in [3.63, 3.8) is 0 Å². The fraction of sp³-hybridized carbons (Fsp3) is 0.667. The Balaban J connectivity index is 1.58. The molecule has 2 aliphatic carbocycles. The van der Waals surface area contributed by atoms with Crippen LogP contribution in [0.2, 0.25) is 0 Å². The Bertz CT molecular complexity index is 400. The summed E-state index contributed by atoms with van der Waals surface area (Å²) in [6.07, 6.45) is 7.86. The van der Waals surface area contributed by atoms with Crippen LogP contribution in [0, 0.1) is 11.8 Å². The third-order valence-electron chi connectivity index (χ3n) is 4.30. The molecule has 2 unspecified atom stereocenters. The highest BCUT2D eigenvalue weighted by Gasteiger charge is 2.21. The molecule has 1 N–H and O–H groups in total. The number of pyridine rings is 1. The summed E-state index contributed by atoms with van der Waals surface area (Å²) in [6.45, 7) is 3.48. The molecule has 0 bridgehead atoms. The molecule has 2 nitrogen and oxygen atoms in total. The van der Waals surface area contributed by atoms with Gasteiger partial charge in [0.2, 0.25) is 0 Å². The second-order valence-corrected chi connectivity index (χ2v) is 5.82. The molecular formula is C15H22N2. The maximum atomic E-state index is 4.72. The van der Waals surface area contributed by atoms with E-state index in [1.807, 2.05) is 0 Å². The minimum atomic E-state index is 0.861. The lowest BCUT2D eigenvalue weighted by molar-refractivity contribution is 0.536. The first-order chi connectivity index (χ1) is 8.31. The summed E-state index contributed by atoms with van der Waals surface area (Å²) in [5, 5.41) is 3.53. The van der Waals surface area contributed by atoms with Crippen LogP contribution in [0.1, 0.15) is 43.9 Å². The van der Waals surface area contributed by atoms with Crippen molar-refractivity contribution in [1.82, 2.24) is 4.98 Å². The summed E-state index contributed by atoms with van der Waals surface area (Å²) in [5.41, 5.74) is 2.79. The van der Waals surface area contributed by atoms with Gasteiger partial charge in [0.1, 0.15) is 5.82 Å². The van der Waals surface area contributed by atoms with Crippen molar-refractivity contribution in [3.8, 4) is 0 Å². The first-order valence-corrected chi connectivity index (χ1v) is 7.04. The summed E-state index contributed by atoms with van der Waals surface area (Å²) < 4.78 is 0. The lowest BCUT2D eigenvalue weighted by atomic mass is 10.1. The molecule has 0 spiro atoms.